The summed E-state index contributed by atoms with van der Waals surface area (Å²) in [6.07, 6.45) is 0.543. The molecule has 0 aromatic rings. The van der Waals surface area contributed by atoms with Gasteiger partial charge in [-0.3, -0.25) is 19.2 Å². The molecular formula is C18H31N5O7. The molecule has 0 radical (unpaired) electrons. The van der Waals surface area contributed by atoms with Crippen LogP contribution in [0.1, 0.15) is 39.5 Å². The molecular weight excluding hydrogens is 398 g/mol. The number of carboxylic acids is 1. The lowest BCUT2D eigenvalue weighted by Crippen LogP contribution is -2.57. The summed E-state index contributed by atoms with van der Waals surface area (Å²) >= 11 is 0. The molecule has 4 unspecified atom stereocenters. The van der Waals surface area contributed by atoms with Crippen LogP contribution in [0.4, 0.5) is 0 Å². The van der Waals surface area contributed by atoms with Crippen LogP contribution in [0.3, 0.4) is 0 Å². The molecule has 4 amide bonds. The van der Waals surface area contributed by atoms with E-state index >= 15 is 0 Å². The first-order chi connectivity index (χ1) is 14.0. The van der Waals surface area contributed by atoms with E-state index in [9.17, 15) is 29.1 Å². The minimum Gasteiger partial charge on any atom is -0.480 e. The molecule has 0 aromatic carbocycles. The van der Waals surface area contributed by atoms with Gasteiger partial charge in [-0.05, 0) is 25.2 Å². The number of nitrogens with two attached hydrogens (primary N) is 2. The average molecular weight is 429 g/mol. The van der Waals surface area contributed by atoms with E-state index in [1.54, 1.807) is 13.8 Å². The number of aliphatic hydroxyl groups is 1. The molecule has 8 N–H and O–H groups in total. The van der Waals surface area contributed by atoms with Gasteiger partial charge < -0.3 is 37.2 Å². The lowest BCUT2D eigenvalue weighted by molar-refractivity contribution is -0.146. The Labute approximate surface area is 174 Å². The predicted molar refractivity (Wildman–Crippen MR) is 105 cm³/mol. The maximum absolute atomic E-state index is 13.0. The van der Waals surface area contributed by atoms with E-state index < -0.39 is 60.4 Å². The normalized spacial score (nSPS) is 19.1. The molecule has 12 heteroatoms. The van der Waals surface area contributed by atoms with Gasteiger partial charge in [-0.15, -0.1) is 0 Å². The molecule has 30 heavy (non-hydrogen) atoms. The second kappa shape index (κ2) is 11.5. The van der Waals surface area contributed by atoms with Crippen LogP contribution in [0.25, 0.3) is 0 Å². The highest BCUT2D eigenvalue weighted by Crippen LogP contribution is 2.20. The fraction of sp³-hybridized carbons (Fsp3) is 0.722. The number of carbonyl (C=O) groups is 5. The third kappa shape index (κ3) is 6.95. The summed E-state index contributed by atoms with van der Waals surface area (Å²) in [7, 11) is 0. The molecule has 1 rings (SSSR count). The van der Waals surface area contributed by atoms with Gasteiger partial charge in [0.1, 0.15) is 24.2 Å². The topological polar surface area (TPSA) is 205 Å². The maximum atomic E-state index is 13.0. The molecule has 1 fully saturated rings. The Morgan fingerprint density at radius 2 is 1.80 bits per heavy atom. The van der Waals surface area contributed by atoms with Gasteiger partial charge >= 0.3 is 5.97 Å². The second-order valence-electron chi connectivity index (χ2n) is 7.61. The number of aliphatic carboxylic acids is 1. The van der Waals surface area contributed by atoms with Crippen molar-refractivity contribution >= 4 is 29.6 Å². The van der Waals surface area contributed by atoms with E-state index in [1.807, 2.05) is 0 Å². The molecule has 0 bridgehead atoms. The molecule has 1 heterocycles. The first kappa shape index (κ1) is 25.3. The van der Waals surface area contributed by atoms with Crippen molar-refractivity contribution in [1.82, 2.24) is 15.5 Å². The van der Waals surface area contributed by atoms with Crippen molar-refractivity contribution in [3.05, 3.63) is 0 Å². The number of primary amides is 1. The van der Waals surface area contributed by atoms with Crippen molar-refractivity contribution in [3.63, 3.8) is 0 Å². The van der Waals surface area contributed by atoms with Gasteiger partial charge in [-0.2, -0.15) is 0 Å². The minimum absolute atomic E-state index is 0.105. The number of hydrogen-bond donors (Lipinski definition) is 6. The monoisotopic (exact) mass is 429 g/mol. The number of carbonyl (C=O) groups excluding carboxylic acids is 4. The smallest absolute Gasteiger partial charge is 0.326 e. The van der Waals surface area contributed by atoms with Gasteiger partial charge in [0.05, 0.1) is 6.61 Å². The third-order valence-corrected chi connectivity index (χ3v) is 4.90. The summed E-state index contributed by atoms with van der Waals surface area (Å²) < 4.78 is 0. The number of aliphatic hydroxyl groups excluding tert-OH is 1. The Morgan fingerprint density at radius 1 is 1.17 bits per heavy atom. The highest BCUT2D eigenvalue weighted by atomic mass is 16.4. The van der Waals surface area contributed by atoms with Crippen molar-refractivity contribution in [1.29, 1.82) is 0 Å². The van der Waals surface area contributed by atoms with Gasteiger partial charge in [0.25, 0.3) is 0 Å². The van der Waals surface area contributed by atoms with E-state index in [-0.39, 0.29) is 25.3 Å². The zero-order valence-corrected chi connectivity index (χ0v) is 17.2. The fourth-order valence-electron chi connectivity index (χ4n) is 3.17. The maximum Gasteiger partial charge on any atom is 0.326 e. The second-order valence-corrected chi connectivity index (χ2v) is 7.61. The van der Waals surface area contributed by atoms with Gasteiger partial charge in [0, 0.05) is 13.0 Å². The fourth-order valence-corrected chi connectivity index (χ4v) is 3.17. The van der Waals surface area contributed by atoms with Crippen LogP contribution >= 0.6 is 0 Å². The van der Waals surface area contributed by atoms with Crippen LogP contribution in [-0.4, -0.2) is 82.0 Å². The molecule has 0 aliphatic carbocycles. The number of nitrogens with one attached hydrogen (secondary N) is 2. The predicted octanol–water partition coefficient (Wildman–Crippen LogP) is -2.73. The highest BCUT2D eigenvalue weighted by molar-refractivity contribution is 5.94. The number of nitrogens with zero attached hydrogens (tertiary/aromatic N) is 1. The molecule has 0 saturated carbocycles. The molecule has 0 spiro atoms. The summed E-state index contributed by atoms with van der Waals surface area (Å²) in [5.74, 6) is -4.21. The summed E-state index contributed by atoms with van der Waals surface area (Å²) in [4.78, 5) is 61.5. The first-order valence-electron chi connectivity index (χ1n) is 9.78. The Balaban J connectivity index is 2.97. The van der Waals surface area contributed by atoms with Gasteiger partial charge in [-0.25, -0.2) is 4.79 Å². The number of rotatable bonds is 11. The number of amides is 4. The minimum atomic E-state index is -1.26. The molecule has 4 atom stereocenters. The Hall–Kier alpha value is -2.73. The molecule has 1 saturated heterocycles. The van der Waals surface area contributed by atoms with Gasteiger partial charge in [0.2, 0.25) is 23.6 Å². The van der Waals surface area contributed by atoms with E-state index in [1.165, 1.54) is 4.90 Å². The van der Waals surface area contributed by atoms with E-state index in [0.717, 1.165) is 0 Å². The summed E-state index contributed by atoms with van der Waals surface area (Å²) in [5.41, 5.74) is 10.6. The van der Waals surface area contributed by atoms with Crippen LogP contribution < -0.4 is 22.1 Å². The van der Waals surface area contributed by atoms with Crippen molar-refractivity contribution < 1.29 is 34.2 Å². The van der Waals surface area contributed by atoms with Gasteiger partial charge in [0.15, 0.2) is 0 Å². The summed E-state index contributed by atoms with van der Waals surface area (Å²) in [6, 6.07) is -4.44. The number of carboxylic acid groups (broad SMARTS) is 1. The lowest BCUT2D eigenvalue weighted by atomic mass is 10.0. The van der Waals surface area contributed by atoms with Crippen LogP contribution in [-0.2, 0) is 24.0 Å². The van der Waals surface area contributed by atoms with Crippen LogP contribution in [0.15, 0.2) is 0 Å². The third-order valence-electron chi connectivity index (χ3n) is 4.90. The quantitative estimate of drug-likeness (QED) is 0.203. The zero-order valence-electron chi connectivity index (χ0n) is 17.2. The van der Waals surface area contributed by atoms with E-state index in [0.29, 0.717) is 12.8 Å². The molecule has 1 aliphatic rings. The van der Waals surface area contributed by atoms with E-state index in [2.05, 4.69) is 10.6 Å². The zero-order chi connectivity index (χ0) is 23.0. The van der Waals surface area contributed by atoms with Crippen LogP contribution in [0.5, 0.6) is 0 Å². The molecule has 12 nitrogen and oxygen atoms in total. The highest BCUT2D eigenvalue weighted by Gasteiger charge is 2.39. The Morgan fingerprint density at radius 3 is 2.30 bits per heavy atom. The Bertz CT molecular complexity index is 669. The Kier molecular flexibility index (Phi) is 9.66. The van der Waals surface area contributed by atoms with Crippen LogP contribution in [0.2, 0.25) is 0 Å². The van der Waals surface area contributed by atoms with Crippen molar-refractivity contribution in [2.24, 2.45) is 17.4 Å². The van der Waals surface area contributed by atoms with Crippen molar-refractivity contribution in [2.75, 3.05) is 13.2 Å². The molecule has 170 valence electrons. The van der Waals surface area contributed by atoms with Crippen molar-refractivity contribution in [3.8, 4) is 0 Å². The largest absolute Gasteiger partial charge is 0.480 e. The number of likely N-dealkylation sites (tertiary alicyclic amines) is 1. The molecule has 0 aromatic heterocycles. The van der Waals surface area contributed by atoms with Crippen molar-refractivity contribution in [2.45, 2.75) is 63.7 Å². The molecule has 1 aliphatic heterocycles. The standard InChI is InChI=1S/C18H31N5O7/c1-9(2)14(18(29)30)22-16(27)12-4-3-7-23(12)17(28)11(5-6-13(20)25)21-15(26)10(19)8-24/h9-12,14,24H,3-8,19H2,1-2H3,(H2,20,25)(H,21,26)(H,22,27)(H,29,30). The van der Waals surface area contributed by atoms with Crippen LogP contribution in [0, 0.1) is 5.92 Å². The lowest BCUT2D eigenvalue weighted by Gasteiger charge is -2.30. The first-order valence-corrected chi connectivity index (χ1v) is 9.78. The van der Waals surface area contributed by atoms with Gasteiger partial charge in [-0.1, -0.05) is 13.8 Å². The number of hydrogen-bond acceptors (Lipinski definition) is 7. The summed E-state index contributed by atoms with van der Waals surface area (Å²) in [6.45, 7) is 2.89. The SMILES string of the molecule is CC(C)C(NC(=O)C1CCCN1C(=O)C(CCC(N)=O)NC(=O)C(N)CO)C(=O)O. The average Bonchev–Trinajstić information content (AvgIpc) is 3.16. The summed E-state index contributed by atoms with van der Waals surface area (Å²) in [5, 5.41) is 23.1. The van der Waals surface area contributed by atoms with E-state index in [4.69, 9.17) is 16.6 Å².